The van der Waals surface area contributed by atoms with E-state index in [0.717, 1.165) is 5.56 Å². The van der Waals surface area contributed by atoms with Crippen molar-refractivity contribution in [3.05, 3.63) is 33.9 Å². The van der Waals surface area contributed by atoms with Crippen molar-refractivity contribution in [1.82, 2.24) is 4.90 Å². The lowest BCUT2D eigenvalue weighted by Gasteiger charge is -2.22. The van der Waals surface area contributed by atoms with Gasteiger partial charge < -0.3 is 10.4 Å². The SMILES string of the molecule is CCNc1ccc(CN(C)C(C)CO)cc1[N+](=O)[O-]. The van der Waals surface area contributed by atoms with Gasteiger partial charge in [-0.25, -0.2) is 0 Å². The molecule has 1 unspecified atom stereocenters. The summed E-state index contributed by atoms with van der Waals surface area (Å²) in [6, 6.07) is 5.20. The zero-order valence-electron chi connectivity index (χ0n) is 11.6. The van der Waals surface area contributed by atoms with Crippen molar-refractivity contribution < 1.29 is 10.0 Å². The van der Waals surface area contributed by atoms with Crippen LogP contribution in [-0.2, 0) is 6.54 Å². The molecule has 0 aliphatic rings. The summed E-state index contributed by atoms with van der Waals surface area (Å²) >= 11 is 0. The first-order chi connectivity index (χ1) is 8.99. The molecule has 106 valence electrons. The van der Waals surface area contributed by atoms with Gasteiger partial charge in [-0.2, -0.15) is 0 Å². The molecule has 0 aliphatic carbocycles. The molecule has 0 aliphatic heterocycles. The number of hydrogen-bond acceptors (Lipinski definition) is 5. The van der Waals surface area contributed by atoms with Gasteiger partial charge in [-0.15, -0.1) is 0 Å². The molecule has 2 N–H and O–H groups in total. The number of anilines is 1. The molecule has 0 amide bonds. The van der Waals surface area contributed by atoms with Crippen molar-refractivity contribution in [2.75, 3.05) is 25.5 Å². The summed E-state index contributed by atoms with van der Waals surface area (Å²) in [5, 5.41) is 23.1. The maximum absolute atomic E-state index is 11.0. The normalized spacial score (nSPS) is 12.5. The fourth-order valence-corrected chi connectivity index (χ4v) is 1.75. The van der Waals surface area contributed by atoms with Crippen molar-refractivity contribution >= 4 is 11.4 Å². The number of nitrogens with one attached hydrogen (secondary N) is 1. The Kier molecular flexibility index (Phi) is 5.72. The number of hydrogen-bond donors (Lipinski definition) is 2. The highest BCUT2D eigenvalue weighted by molar-refractivity contribution is 5.62. The monoisotopic (exact) mass is 267 g/mol. The Balaban J connectivity index is 2.92. The van der Waals surface area contributed by atoms with Crippen LogP contribution in [0, 0.1) is 10.1 Å². The minimum atomic E-state index is -0.378. The number of likely N-dealkylation sites (N-methyl/N-ethyl adjacent to an activating group) is 1. The molecule has 0 heterocycles. The first-order valence-electron chi connectivity index (χ1n) is 6.31. The lowest BCUT2D eigenvalue weighted by atomic mass is 10.1. The first kappa shape index (κ1) is 15.4. The van der Waals surface area contributed by atoms with Crippen LogP contribution in [0.15, 0.2) is 18.2 Å². The second-order valence-electron chi connectivity index (χ2n) is 4.59. The van der Waals surface area contributed by atoms with E-state index in [4.69, 9.17) is 5.11 Å². The highest BCUT2D eigenvalue weighted by Gasteiger charge is 2.15. The number of nitro groups is 1. The van der Waals surface area contributed by atoms with Gasteiger partial charge in [0, 0.05) is 25.2 Å². The maximum Gasteiger partial charge on any atom is 0.292 e. The van der Waals surface area contributed by atoms with E-state index in [9.17, 15) is 10.1 Å². The largest absolute Gasteiger partial charge is 0.395 e. The van der Waals surface area contributed by atoms with Crippen LogP contribution in [-0.4, -0.2) is 41.2 Å². The molecule has 1 aromatic rings. The molecule has 0 saturated heterocycles. The van der Waals surface area contributed by atoms with Crippen LogP contribution < -0.4 is 5.32 Å². The van der Waals surface area contributed by atoms with Crippen molar-refractivity contribution in [2.45, 2.75) is 26.4 Å². The van der Waals surface area contributed by atoms with Gasteiger partial charge >= 0.3 is 0 Å². The van der Waals surface area contributed by atoms with Gasteiger partial charge in [0.05, 0.1) is 11.5 Å². The fraction of sp³-hybridized carbons (Fsp3) is 0.538. The van der Waals surface area contributed by atoms with Gasteiger partial charge in [0.15, 0.2) is 0 Å². The van der Waals surface area contributed by atoms with Crippen LogP contribution in [0.4, 0.5) is 11.4 Å². The Labute approximate surface area is 113 Å². The van der Waals surface area contributed by atoms with Crippen LogP contribution in [0.1, 0.15) is 19.4 Å². The third kappa shape index (κ3) is 4.18. The number of aliphatic hydroxyl groups is 1. The van der Waals surface area contributed by atoms with E-state index in [1.54, 1.807) is 12.1 Å². The lowest BCUT2D eigenvalue weighted by molar-refractivity contribution is -0.384. The Hall–Kier alpha value is -1.66. The standard InChI is InChI=1S/C13H21N3O3/c1-4-14-12-6-5-11(7-13(12)16(18)19)8-15(3)10(2)9-17/h5-7,10,14,17H,4,8-9H2,1-3H3. The number of nitro benzene ring substituents is 1. The maximum atomic E-state index is 11.0. The summed E-state index contributed by atoms with van der Waals surface area (Å²) in [6.45, 7) is 5.07. The van der Waals surface area contributed by atoms with Crippen LogP contribution in [0.2, 0.25) is 0 Å². The van der Waals surface area contributed by atoms with E-state index in [1.165, 1.54) is 0 Å². The second-order valence-corrected chi connectivity index (χ2v) is 4.59. The zero-order valence-corrected chi connectivity index (χ0v) is 11.6. The summed E-state index contributed by atoms with van der Waals surface area (Å²) in [5.41, 5.74) is 1.48. The van der Waals surface area contributed by atoms with E-state index in [0.29, 0.717) is 18.8 Å². The van der Waals surface area contributed by atoms with E-state index >= 15 is 0 Å². The smallest absolute Gasteiger partial charge is 0.292 e. The highest BCUT2D eigenvalue weighted by atomic mass is 16.6. The van der Waals surface area contributed by atoms with Gasteiger partial charge in [0.2, 0.25) is 0 Å². The Morgan fingerprint density at radius 1 is 1.53 bits per heavy atom. The molecule has 0 saturated carbocycles. The van der Waals surface area contributed by atoms with Gasteiger partial charge in [-0.3, -0.25) is 15.0 Å². The Morgan fingerprint density at radius 2 is 2.21 bits per heavy atom. The summed E-state index contributed by atoms with van der Waals surface area (Å²) in [5.74, 6) is 0. The van der Waals surface area contributed by atoms with Crippen LogP contribution >= 0.6 is 0 Å². The number of rotatable bonds is 7. The molecule has 0 aromatic heterocycles. The van der Waals surface area contributed by atoms with E-state index in [1.807, 2.05) is 31.9 Å². The molecular weight excluding hydrogens is 246 g/mol. The first-order valence-corrected chi connectivity index (χ1v) is 6.31. The van der Waals surface area contributed by atoms with Gasteiger partial charge in [0.25, 0.3) is 5.69 Å². The summed E-state index contributed by atoms with van der Waals surface area (Å²) in [7, 11) is 1.88. The zero-order chi connectivity index (χ0) is 14.4. The number of benzene rings is 1. The third-order valence-electron chi connectivity index (χ3n) is 3.07. The predicted octanol–water partition coefficient (Wildman–Crippen LogP) is 1.84. The molecule has 1 atom stereocenters. The topological polar surface area (TPSA) is 78.6 Å². The molecule has 0 fully saturated rings. The summed E-state index contributed by atoms with van der Waals surface area (Å²) < 4.78 is 0. The predicted molar refractivity (Wildman–Crippen MR) is 75.3 cm³/mol. The van der Waals surface area contributed by atoms with Crippen LogP contribution in [0.25, 0.3) is 0 Å². The highest BCUT2D eigenvalue weighted by Crippen LogP contribution is 2.26. The average Bonchev–Trinajstić information content (AvgIpc) is 2.39. The van der Waals surface area contributed by atoms with E-state index in [2.05, 4.69) is 5.32 Å². The number of aliphatic hydroxyl groups excluding tert-OH is 1. The quantitative estimate of drug-likeness (QED) is 0.582. The van der Waals surface area contributed by atoms with Gasteiger partial charge in [0.1, 0.15) is 5.69 Å². The fourth-order valence-electron chi connectivity index (χ4n) is 1.75. The average molecular weight is 267 g/mol. The molecule has 19 heavy (non-hydrogen) atoms. The molecule has 0 radical (unpaired) electrons. The molecule has 0 bridgehead atoms. The molecule has 0 spiro atoms. The Morgan fingerprint density at radius 3 is 2.74 bits per heavy atom. The van der Waals surface area contributed by atoms with Crippen LogP contribution in [0.3, 0.4) is 0 Å². The summed E-state index contributed by atoms with van der Waals surface area (Å²) in [4.78, 5) is 12.6. The molecule has 6 heteroatoms. The van der Waals surface area contributed by atoms with Crippen LogP contribution in [0.5, 0.6) is 0 Å². The van der Waals surface area contributed by atoms with E-state index in [-0.39, 0.29) is 23.3 Å². The van der Waals surface area contributed by atoms with Gasteiger partial charge in [-0.05, 0) is 32.5 Å². The van der Waals surface area contributed by atoms with Crippen molar-refractivity contribution in [3.63, 3.8) is 0 Å². The van der Waals surface area contributed by atoms with Crippen molar-refractivity contribution in [2.24, 2.45) is 0 Å². The molecule has 1 rings (SSSR count). The van der Waals surface area contributed by atoms with E-state index < -0.39 is 0 Å². The lowest BCUT2D eigenvalue weighted by Crippen LogP contribution is -2.31. The third-order valence-corrected chi connectivity index (χ3v) is 3.07. The molecule has 6 nitrogen and oxygen atoms in total. The van der Waals surface area contributed by atoms with Gasteiger partial charge in [-0.1, -0.05) is 6.07 Å². The molecular formula is C13H21N3O3. The molecule has 1 aromatic carbocycles. The Bertz CT molecular complexity index is 437. The minimum absolute atomic E-state index is 0.0208. The minimum Gasteiger partial charge on any atom is -0.395 e. The summed E-state index contributed by atoms with van der Waals surface area (Å²) in [6.07, 6.45) is 0. The van der Waals surface area contributed by atoms with Crippen molar-refractivity contribution in [3.8, 4) is 0 Å². The van der Waals surface area contributed by atoms with Crippen molar-refractivity contribution in [1.29, 1.82) is 0 Å². The second kappa shape index (κ2) is 7.06. The number of nitrogens with zero attached hydrogens (tertiary/aromatic N) is 2.